The number of hydrazone groups is 1. The topological polar surface area (TPSA) is 127 Å². The molecule has 202 valence electrons. The number of hydrogen-bond acceptors (Lipinski definition) is 7. The van der Waals surface area contributed by atoms with Crippen molar-refractivity contribution in [3.63, 3.8) is 0 Å². The Bertz CT molecular complexity index is 1380. The van der Waals surface area contributed by atoms with E-state index in [1.165, 1.54) is 19.4 Å². The van der Waals surface area contributed by atoms with Crippen LogP contribution in [0, 0.1) is 0 Å². The van der Waals surface area contributed by atoms with Crippen molar-refractivity contribution in [1.82, 2.24) is 5.43 Å². The van der Waals surface area contributed by atoms with Gasteiger partial charge in [-0.2, -0.15) is 5.10 Å². The lowest BCUT2D eigenvalue weighted by Crippen LogP contribution is -2.32. The maximum Gasteiger partial charge on any atom is 0.329 e. The van der Waals surface area contributed by atoms with Gasteiger partial charge in [0.15, 0.2) is 18.1 Å². The highest BCUT2D eigenvalue weighted by molar-refractivity contribution is 6.42. The summed E-state index contributed by atoms with van der Waals surface area (Å²) < 4.78 is 16.2. The number of ether oxygens (including phenoxy) is 3. The van der Waals surface area contributed by atoms with Crippen molar-refractivity contribution in [1.29, 1.82) is 0 Å². The van der Waals surface area contributed by atoms with Crippen LogP contribution in [0.25, 0.3) is 0 Å². The number of carbonyl (C=O) groups excluding carboxylic acids is 3. The zero-order valence-electron chi connectivity index (χ0n) is 20.7. The van der Waals surface area contributed by atoms with Crippen LogP contribution in [-0.2, 0) is 14.4 Å². The second kappa shape index (κ2) is 14.4. The van der Waals surface area contributed by atoms with Crippen LogP contribution in [0.1, 0.15) is 5.56 Å². The van der Waals surface area contributed by atoms with Gasteiger partial charge >= 0.3 is 11.8 Å². The fourth-order valence-electron chi connectivity index (χ4n) is 2.99. The summed E-state index contributed by atoms with van der Waals surface area (Å²) in [5.74, 6) is -1.04. The summed E-state index contributed by atoms with van der Waals surface area (Å²) in [7, 11) is 1.43. The summed E-state index contributed by atoms with van der Waals surface area (Å²) in [6.07, 6.45) is 2.93. The number of hydrogen-bond donors (Lipinski definition) is 3. The minimum absolute atomic E-state index is 0.292. The first kappa shape index (κ1) is 29.0. The van der Waals surface area contributed by atoms with Crippen LogP contribution in [0.3, 0.4) is 0 Å². The van der Waals surface area contributed by atoms with E-state index in [0.29, 0.717) is 50.8 Å². The van der Waals surface area contributed by atoms with Gasteiger partial charge in [0, 0.05) is 11.4 Å². The molecule has 0 aliphatic heterocycles. The van der Waals surface area contributed by atoms with E-state index in [4.69, 9.17) is 37.4 Å². The van der Waals surface area contributed by atoms with E-state index < -0.39 is 17.7 Å². The summed E-state index contributed by atoms with van der Waals surface area (Å²) in [6.45, 7) is 3.63. The second-order valence-electron chi connectivity index (χ2n) is 7.65. The molecule has 3 amide bonds. The maximum atomic E-state index is 12.2. The fourth-order valence-corrected chi connectivity index (χ4v) is 3.29. The lowest BCUT2D eigenvalue weighted by Gasteiger charge is -2.12. The van der Waals surface area contributed by atoms with E-state index in [9.17, 15) is 14.4 Å². The number of nitrogens with one attached hydrogen (secondary N) is 3. The molecule has 12 heteroatoms. The number of methoxy groups -OCH3 is 1. The molecular formula is C27H24Cl2N4O6. The van der Waals surface area contributed by atoms with Crippen LogP contribution in [0.2, 0.25) is 10.0 Å². The average Bonchev–Trinajstić information content (AvgIpc) is 2.93. The van der Waals surface area contributed by atoms with E-state index in [1.54, 1.807) is 60.7 Å². The fraction of sp³-hybridized carbons (Fsp3) is 0.111. The van der Waals surface area contributed by atoms with Gasteiger partial charge < -0.3 is 24.8 Å². The molecule has 3 aromatic rings. The van der Waals surface area contributed by atoms with Crippen LogP contribution >= 0.6 is 23.2 Å². The minimum Gasteiger partial charge on any atom is -0.493 e. The van der Waals surface area contributed by atoms with E-state index in [1.807, 2.05) is 0 Å². The van der Waals surface area contributed by atoms with Gasteiger partial charge in [-0.25, -0.2) is 5.43 Å². The number of benzene rings is 3. The summed E-state index contributed by atoms with van der Waals surface area (Å²) >= 11 is 11.8. The summed E-state index contributed by atoms with van der Waals surface area (Å²) in [6, 6.07) is 16.0. The molecule has 0 radical (unpaired) electrons. The summed E-state index contributed by atoms with van der Waals surface area (Å²) in [5, 5.41) is 9.59. The Kier molecular flexibility index (Phi) is 10.7. The number of anilines is 2. The van der Waals surface area contributed by atoms with Crippen LogP contribution in [0.15, 0.2) is 78.4 Å². The number of nitrogens with zero attached hydrogens (tertiary/aromatic N) is 1. The third-order valence-corrected chi connectivity index (χ3v) is 5.55. The van der Waals surface area contributed by atoms with E-state index >= 15 is 0 Å². The van der Waals surface area contributed by atoms with Gasteiger partial charge in [0.1, 0.15) is 12.4 Å². The Labute approximate surface area is 234 Å². The highest BCUT2D eigenvalue weighted by Crippen LogP contribution is 2.28. The number of halogens is 2. The third-order valence-electron chi connectivity index (χ3n) is 4.82. The average molecular weight is 571 g/mol. The van der Waals surface area contributed by atoms with Crippen molar-refractivity contribution in [2.75, 3.05) is 31.0 Å². The molecule has 10 nitrogen and oxygen atoms in total. The predicted molar refractivity (Wildman–Crippen MR) is 150 cm³/mol. The Hall–Kier alpha value is -4.54. The van der Waals surface area contributed by atoms with Crippen molar-refractivity contribution in [2.24, 2.45) is 5.10 Å². The summed E-state index contributed by atoms with van der Waals surface area (Å²) in [4.78, 5) is 36.4. The molecule has 0 aliphatic carbocycles. The third kappa shape index (κ3) is 9.06. The monoisotopic (exact) mass is 570 g/mol. The van der Waals surface area contributed by atoms with Gasteiger partial charge in [0.25, 0.3) is 5.91 Å². The molecule has 0 saturated carbocycles. The standard InChI is InChI=1S/C27H24Cl2N4O6/c1-3-12-38-20-8-5-18(6-9-20)32-26(35)27(36)33-30-15-17-4-11-23(24(13-17)37-2)39-16-25(34)31-19-7-10-21(28)22(29)14-19/h3-11,13-15H,1,12,16H2,2H3,(H,31,34)(H,32,35)(H,33,36)/b30-15-. The van der Waals surface area contributed by atoms with Crippen molar-refractivity contribution >= 4 is 58.5 Å². The molecule has 0 fully saturated rings. The molecule has 39 heavy (non-hydrogen) atoms. The van der Waals surface area contributed by atoms with Gasteiger partial charge in [-0.05, 0) is 66.2 Å². The molecule has 3 N–H and O–H groups in total. The molecule has 0 heterocycles. The first-order valence-electron chi connectivity index (χ1n) is 11.3. The number of carbonyl (C=O) groups is 3. The second-order valence-corrected chi connectivity index (χ2v) is 8.47. The lowest BCUT2D eigenvalue weighted by molar-refractivity contribution is -0.136. The smallest absolute Gasteiger partial charge is 0.329 e. The number of rotatable bonds is 11. The highest BCUT2D eigenvalue weighted by Gasteiger charge is 2.13. The van der Waals surface area contributed by atoms with E-state index in [-0.39, 0.29) is 6.61 Å². The quantitative estimate of drug-likeness (QED) is 0.133. The first-order valence-corrected chi connectivity index (χ1v) is 12.1. The highest BCUT2D eigenvalue weighted by atomic mass is 35.5. The SMILES string of the molecule is C=CCOc1ccc(NC(=O)C(=O)N/N=C\c2ccc(OCC(=O)Nc3ccc(Cl)c(Cl)c3)c(OC)c2)cc1. The van der Waals surface area contributed by atoms with Crippen LogP contribution in [0.5, 0.6) is 17.2 Å². The Morgan fingerprint density at radius 2 is 1.62 bits per heavy atom. The Morgan fingerprint density at radius 3 is 2.31 bits per heavy atom. The molecule has 3 aromatic carbocycles. The summed E-state index contributed by atoms with van der Waals surface area (Å²) in [5.41, 5.74) is 3.57. The number of amides is 3. The molecule has 0 bridgehead atoms. The van der Waals surface area contributed by atoms with E-state index in [0.717, 1.165) is 0 Å². The van der Waals surface area contributed by atoms with Crippen molar-refractivity contribution < 1.29 is 28.6 Å². The van der Waals surface area contributed by atoms with Crippen LogP contribution in [0.4, 0.5) is 11.4 Å². The van der Waals surface area contributed by atoms with Gasteiger partial charge in [0.05, 0.1) is 23.4 Å². The van der Waals surface area contributed by atoms with Gasteiger partial charge in [-0.15, -0.1) is 0 Å². The zero-order chi connectivity index (χ0) is 28.2. The maximum absolute atomic E-state index is 12.2. The van der Waals surface area contributed by atoms with Crippen molar-refractivity contribution in [2.45, 2.75) is 0 Å². The molecule has 3 rings (SSSR count). The zero-order valence-corrected chi connectivity index (χ0v) is 22.2. The van der Waals surface area contributed by atoms with Gasteiger partial charge in [0.2, 0.25) is 0 Å². The minimum atomic E-state index is -0.960. The molecule has 0 spiro atoms. The Balaban J connectivity index is 1.50. The molecule has 0 aliphatic rings. The van der Waals surface area contributed by atoms with Gasteiger partial charge in [-0.1, -0.05) is 35.9 Å². The van der Waals surface area contributed by atoms with E-state index in [2.05, 4.69) is 27.7 Å². The molecule has 0 unspecified atom stereocenters. The lowest BCUT2D eigenvalue weighted by atomic mass is 10.2. The van der Waals surface area contributed by atoms with Crippen molar-refractivity contribution in [3.05, 3.63) is 88.9 Å². The van der Waals surface area contributed by atoms with Gasteiger partial charge in [-0.3, -0.25) is 14.4 Å². The largest absolute Gasteiger partial charge is 0.493 e. The molecular weight excluding hydrogens is 547 g/mol. The first-order chi connectivity index (χ1) is 18.8. The Morgan fingerprint density at radius 1 is 0.872 bits per heavy atom. The molecule has 0 atom stereocenters. The molecule has 0 saturated heterocycles. The normalized spacial score (nSPS) is 10.4. The van der Waals surface area contributed by atoms with Crippen LogP contribution < -0.4 is 30.3 Å². The van der Waals surface area contributed by atoms with Crippen molar-refractivity contribution in [3.8, 4) is 17.2 Å². The van der Waals surface area contributed by atoms with Crippen LogP contribution in [-0.4, -0.2) is 44.3 Å². The molecule has 0 aromatic heterocycles. The predicted octanol–water partition coefficient (Wildman–Crippen LogP) is 4.67.